The SMILES string of the molecule is COc1cccc(C=C(C#N)C(=O)NCc2ccc3c(c2)OCO3)c1OCc1cccc(C)c1. The van der Waals surface area contributed by atoms with E-state index in [-0.39, 0.29) is 18.9 Å². The topological polar surface area (TPSA) is 89.8 Å². The Morgan fingerprint density at radius 1 is 1.09 bits per heavy atom. The molecule has 1 aliphatic rings. The third-order valence-corrected chi connectivity index (χ3v) is 5.25. The maximum absolute atomic E-state index is 12.7. The molecule has 0 atom stereocenters. The number of hydrogen-bond donors (Lipinski definition) is 1. The molecule has 1 heterocycles. The summed E-state index contributed by atoms with van der Waals surface area (Å²) in [6.45, 7) is 2.76. The molecule has 0 aliphatic carbocycles. The summed E-state index contributed by atoms with van der Waals surface area (Å²) in [6.07, 6.45) is 1.50. The number of rotatable bonds is 8. The molecule has 34 heavy (non-hydrogen) atoms. The molecule has 0 fully saturated rings. The van der Waals surface area contributed by atoms with Crippen LogP contribution in [-0.2, 0) is 17.9 Å². The number of hydrogen-bond acceptors (Lipinski definition) is 6. The van der Waals surface area contributed by atoms with Gasteiger partial charge in [-0.2, -0.15) is 5.26 Å². The van der Waals surface area contributed by atoms with Crippen LogP contribution in [0.2, 0.25) is 0 Å². The predicted octanol–water partition coefficient (Wildman–Crippen LogP) is 4.53. The number of carbonyl (C=O) groups is 1. The Bertz CT molecular complexity index is 1280. The molecule has 0 saturated carbocycles. The monoisotopic (exact) mass is 456 g/mol. The summed E-state index contributed by atoms with van der Waals surface area (Å²) >= 11 is 0. The zero-order valence-corrected chi connectivity index (χ0v) is 19.0. The number of carbonyl (C=O) groups excluding carboxylic acids is 1. The van der Waals surface area contributed by atoms with Gasteiger partial charge in [0.1, 0.15) is 18.2 Å². The van der Waals surface area contributed by atoms with Gasteiger partial charge >= 0.3 is 0 Å². The highest BCUT2D eigenvalue weighted by molar-refractivity contribution is 6.02. The van der Waals surface area contributed by atoms with Crippen molar-refractivity contribution in [2.75, 3.05) is 13.9 Å². The van der Waals surface area contributed by atoms with Crippen molar-refractivity contribution < 1.29 is 23.7 Å². The number of aryl methyl sites for hydroxylation is 1. The Labute approximate surface area is 198 Å². The van der Waals surface area contributed by atoms with Gasteiger partial charge in [-0.25, -0.2) is 0 Å². The van der Waals surface area contributed by atoms with Gasteiger partial charge in [0, 0.05) is 12.1 Å². The minimum atomic E-state index is -0.493. The lowest BCUT2D eigenvalue weighted by atomic mass is 10.1. The molecule has 1 N–H and O–H groups in total. The molecule has 0 spiro atoms. The fourth-order valence-electron chi connectivity index (χ4n) is 3.55. The van der Waals surface area contributed by atoms with Crippen LogP contribution in [0.5, 0.6) is 23.0 Å². The molecule has 7 heteroatoms. The highest BCUT2D eigenvalue weighted by Gasteiger charge is 2.16. The second-order valence-corrected chi connectivity index (χ2v) is 7.70. The zero-order chi connectivity index (χ0) is 23.9. The highest BCUT2D eigenvalue weighted by atomic mass is 16.7. The second-order valence-electron chi connectivity index (χ2n) is 7.70. The largest absolute Gasteiger partial charge is 0.493 e. The van der Waals surface area contributed by atoms with E-state index in [1.165, 1.54) is 6.08 Å². The van der Waals surface area contributed by atoms with Crippen molar-refractivity contribution in [1.29, 1.82) is 5.26 Å². The smallest absolute Gasteiger partial charge is 0.262 e. The van der Waals surface area contributed by atoms with Gasteiger partial charge in [0.25, 0.3) is 5.91 Å². The summed E-state index contributed by atoms with van der Waals surface area (Å²) < 4.78 is 22.2. The average molecular weight is 456 g/mol. The molecule has 1 amide bonds. The number of nitrogens with one attached hydrogen (secondary N) is 1. The number of para-hydroxylation sites is 1. The maximum atomic E-state index is 12.7. The van der Waals surface area contributed by atoms with E-state index in [0.717, 1.165) is 16.7 Å². The van der Waals surface area contributed by atoms with E-state index in [9.17, 15) is 10.1 Å². The van der Waals surface area contributed by atoms with Crippen molar-refractivity contribution in [3.8, 4) is 29.1 Å². The molecule has 0 unspecified atom stereocenters. The number of ether oxygens (including phenoxy) is 4. The average Bonchev–Trinajstić information content (AvgIpc) is 3.32. The van der Waals surface area contributed by atoms with E-state index < -0.39 is 5.91 Å². The molecule has 1 aliphatic heterocycles. The molecular weight excluding hydrogens is 432 g/mol. The van der Waals surface area contributed by atoms with E-state index in [4.69, 9.17) is 18.9 Å². The summed E-state index contributed by atoms with van der Waals surface area (Å²) in [5, 5.41) is 12.4. The van der Waals surface area contributed by atoms with E-state index >= 15 is 0 Å². The first kappa shape index (κ1) is 22.7. The van der Waals surface area contributed by atoms with E-state index in [2.05, 4.69) is 5.32 Å². The van der Waals surface area contributed by atoms with Crippen LogP contribution in [0.25, 0.3) is 6.08 Å². The summed E-state index contributed by atoms with van der Waals surface area (Å²) in [6, 6.07) is 20.7. The molecule has 7 nitrogen and oxygen atoms in total. The van der Waals surface area contributed by atoms with Crippen LogP contribution >= 0.6 is 0 Å². The lowest BCUT2D eigenvalue weighted by Gasteiger charge is -2.14. The van der Waals surface area contributed by atoms with Crippen molar-refractivity contribution in [1.82, 2.24) is 5.32 Å². The predicted molar refractivity (Wildman–Crippen MR) is 127 cm³/mol. The molecular formula is C27H24N2O5. The third kappa shape index (κ3) is 5.30. The minimum absolute atomic E-state index is 0.0469. The van der Waals surface area contributed by atoms with E-state index in [0.29, 0.717) is 35.2 Å². The highest BCUT2D eigenvalue weighted by Crippen LogP contribution is 2.34. The molecule has 172 valence electrons. The summed E-state index contributed by atoms with van der Waals surface area (Å²) in [5.74, 6) is 1.79. The standard InChI is InChI=1S/C27H24N2O5/c1-18-5-3-6-20(11-18)16-32-26-21(7-4-8-24(26)31-2)13-22(14-28)27(30)29-15-19-9-10-23-25(12-19)34-17-33-23/h3-13H,15-17H2,1-2H3,(H,29,30). The summed E-state index contributed by atoms with van der Waals surface area (Å²) in [5.41, 5.74) is 3.49. The Hall–Kier alpha value is -4.44. The zero-order valence-electron chi connectivity index (χ0n) is 19.0. The Morgan fingerprint density at radius 3 is 2.71 bits per heavy atom. The fraction of sp³-hybridized carbons (Fsp3) is 0.185. The van der Waals surface area contributed by atoms with Gasteiger partial charge in [-0.3, -0.25) is 4.79 Å². The van der Waals surface area contributed by atoms with E-state index in [1.807, 2.05) is 43.3 Å². The fourth-order valence-corrected chi connectivity index (χ4v) is 3.55. The van der Waals surface area contributed by atoms with Crippen molar-refractivity contribution in [3.63, 3.8) is 0 Å². The molecule has 3 aromatic carbocycles. The summed E-state index contributed by atoms with van der Waals surface area (Å²) in [4.78, 5) is 12.7. The van der Waals surface area contributed by atoms with Crippen LogP contribution in [-0.4, -0.2) is 19.8 Å². The molecule has 0 saturated heterocycles. The lowest BCUT2D eigenvalue weighted by molar-refractivity contribution is -0.117. The van der Waals surface area contributed by atoms with Gasteiger partial charge in [-0.1, -0.05) is 48.0 Å². The normalized spacial score (nSPS) is 12.1. The quantitative estimate of drug-likeness (QED) is 0.396. The van der Waals surface area contributed by atoms with Gasteiger partial charge in [0.15, 0.2) is 23.0 Å². The molecule has 0 bridgehead atoms. The maximum Gasteiger partial charge on any atom is 0.262 e. The van der Waals surface area contributed by atoms with Crippen LogP contribution in [0, 0.1) is 18.3 Å². The van der Waals surface area contributed by atoms with Gasteiger partial charge in [-0.15, -0.1) is 0 Å². The number of benzene rings is 3. The molecule has 0 aromatic heterocycles. The number of methoxy groups -OCH3 is 1. The number of nitrogens with zero attached hydrogens (tertiary/aromatic N) is 1. The Morgan fingerprint density at radius 2 is 1.91 bits per heavy atom. The number of fused-ring (bicyclic) bond motifs is 1. The van der Waals surface area contributed by atoms with Crippen LogP contribution in [0.3, 0.4) is 0 Å². The minimum Gasteiger partial charge on any atom is -0.493 e. The second kappa shape index (κ2) is 10.5. The molecule has 4 rings (SSSR count). The molecule has 3 aromatic rings. The summed E-state index contributed by atoms with van der Waals surface area (Å²) in [7, 11) is 1.55. The number of nitriles is 1. The first-order valence-electron chi connectivity index (χ1n) is 10.7. The van der Waals surface area contributed by atoms with Crippen LogP contribution in [0.4, 0.5) is 0 Å². The van der Waals surface area contributed by atoms with Gasteiger partial charge < -0.3 is 24.3 Å². The van der Waals surface area contributed by atoms with Gasteiger partial charge in [-0.05, 0) is 42.3 Å². The first-order valence-corrected chi connectivity index (χ1v) is 10.7. The van der Waals surface area contributed by atoms with Crippen molar-refractivity contribution in [2.24, 2.45) is 0 Å². The van der Waals surface area contributed by atoms with Crippen LogP contribution in [0.15, 0.2) is 66.2 Å². The van der Waals surface area contributed by atoms with Gasteiger partial charge in [0.2, 0.25) is 6.79 Å². The van der Waals surface area contributed by atoms with Crippen LogP contribution < -0.4 is 24.3 Å². The Kier molecular flexibility index (Phi) is 6.99. The lowest BCUT2D eigenvalue weighted by Crippen LogP contribution is -2.24. The van der Waals surface area contributed by atoms with Crippen LogP contribution in [0.1, 0.15) is 22.3 Å². The third-order valence-electron chi connectivity index (χ3n) is 5.25. The molecule has 0 radical (unpaired) electrons. The van der Waals surface area contributed by atoms with E-state index in [1.54, 1.807) is 37.4 Å². The van der Waals surface area contributed by atoms with Crippen molar-refractivity contribution >= 4 is 12.0 Å². The van der Waals surface area contributed by atoms with Crippen molar-refractivity contribution in [2.45, 2.75) is 20.1 Å². The first-order chi connectivity index (χ1) is 16.6. The number of amides is 1. The van der Waals surface area contributed by atoms with Gasteiger partial charge in [0.05, 0.1) is 7.11 Å². The Balaban J connectivity index is 1.51. The van der Waals surface area contributed by atoms with Crippen molar-refractivity contribution in [3.05, 3.63) is 88.5 Å².